The van der Waals surface area contributed by atoms with Crippen molar-refractivity contribution in [1.82, 2.24) is 0 Å². The van der Waals surface area contributed by atoms with Crippen LogP contribution in [0.5, 0.6) is 0 Å². The predicted octanol–water partition coefficient (Wildman–Crippen LogP) is 2.14. The summed E-state index contributed by atoms with van der Waals surface area (Å²) >= 11 is 0. The van der Waals surface area contributed by atoms with Crippen molar-refractivity contribution >= 4 is 5.97 Å². The Morgan fingerprint density at radius 1 is 1.56 bits per heavy atom. The fourth-order valence-corrected chi connectivity index (χ4v) is 3.89. The van der Waals surface area contributed by atoms with Crippen LogP contribution in [-0.2, 0) is 14.3 Å². The average Bonchev–Trinajstić information content (AvgIpc) is 3.07. The second kappa shape index (κ2) is 3.00. The second-order valence-corrected chi connectivity index (χ2v) is 6.05. The van der Waals surface area contributed by atoms with Gasteiger partial charge in [0, 0.05) is 0 Å². The number of rotatable bonds is 3. The molecule has 3 nitrogen and oxygen atoms in total. The van der Waals surface area contributed by atoms with Crippen molar-refractivity contribution in [2.75, 3.05) is 7.11 Å². The highest BCUT2D eigenvalue weighted by molar-refractivity contribution is 5.85. The minimum atomic E-state index is -0.591. The van der Waals surface area contributed by atoms with Gasteiger partial charge in [0.2, 0.25) is 0 Å². The van der Waals surface area contributed by atoms with Gasteiger partial charge in [0.05, 0.1) is 7.11 Å². The lowest BCUT2D eigenvalue weighted by atomic mass is 9.82. The molecule has 1 spiro atoms. The molecule has 0 aromatic carbocycles. The van der Waals surface area contributed by atoms with E-state index in [1.807, 2.05) is 0 Å². The van der Waals surface area contributed by atoms with E-state index in [1.54, 1.807) is 0 Å². The molecule has 1 saturated heterocycles. The van der Waals surface area contributed by atoms with E-state index in [4.69, 9.17) is 9.47 Å². The van der Waals surface area contributed by atoms with Crippen LogP contribution < -0.4 is 0 Å². The molecule has 3 aliphatic rings. The number of hydrogen-bond acceptors (Lipinski definition) is 3. The van der Waals surface area contributed by atoms with Crippen LogP contribution in [0.3, 0.4) is 0 Å². The molecule has 0 aromatic heterocycles. The van der Waals surface area contributed by atoms with Crippen molar-refractivity contribution in [1.29, 1.82) is 0 Å². The quantitative estimate of drug-likeness (QED) is 0.544. The van der Waals surface area contributed by atoms with Crippen LogP contribution >= 0.6 is 0 Å². The van der Waals surface area contributed by atoms with E-state index >= 15 is 0 Å². The van der Waals surface area contributed by atoms with Gasteiger partial charge in [-0.15, -0.1) is 0 Å². The van der Waals surface area contributed by atoms with Crippen molar-refractivity contribution < 1.29 is 14.3 Å². The van der Waals surface area contributed by atoms with E-state index < -0.39 is 5.60 Å². The van der Waals surface area contributed by atoms with Gasteiger partial charge < -0.3 is 9.47 Å². The van der Waals surface area contributed by atoms with E-state index in [0.29, 0.717) is 11.8 Å². The van der Waals surface area contributed by atoms with Gasteiger partial charge in [-0.1, -0.05) is 13.8 Å². The standard InChI is InChI=1S/C13H20O3/c1-8(2)7-13(11(14)15-3)12(16-13)5-4-9-6-10(9)12/h8-10H,4-7H2,1-3H3. The molecule has 0 N–H and O–H groups in total. The van der Waals surface area contributed by atoms with E-state index in [2.05, 4.69) is 13.8 Å². The first-order valence-electron chi connectivity index (χ1n) is 6.34. The average molecular weight is 224 g/mol. The number of esters is 1. The zero-order valence-corrected chi connectivity index (χ0v) is 10.3. The number of carbonyl (C=O) groups excluding carboxylic acids is 1. The first kappa shape index (κ1) is 10.6. The number of epoxide rings is 1. The molecule has 3 fully saturated rings. The van der Waals surface area contributed by atoms with Gasteiger partial charge in [0.1, 0.15) is 5.60 Å². The van der Waals surface area contributed by atoms with Crippen LogP contribution in [0.4, 0.5) is 0 Å². The summed E-state index contributed by atoms with van der Waals surface area (Å²) in [4.78, 5) is 12.0. The molecule has 4 atom stereocenters. The molecule has 2 saturated carbocycles. The Morgan fingerprint density at radius 3 is 2.75 bits per heavy atom. The molecule has 0 bridgehead atoms. The van der Waals surface area contributed by atoms with Gasteiger partial charge in [-0.3, -0.25) is 0 Å². The number of fused-ring (bicyclic) bond motifs is 2. The molecule has 0 amide bonds. The minimum absolute atomic E-state index is 0.130. The van der Waals surface area contributed by atoms with Crippen molar-refractivity contribution in [2.45, 2.75) is 50.7 Å². The Hall–Kier alpha value is -0.570. The largest absolute Gasteiger partial charge is 0.467 e. The maximum atomic E-state index is 12.0. The Balaban J connectivity index is 1.86. The molecule has 0 radical (unpaired) electrons. The van der Waals surface area contributed by atoms with Gasteiger partial charge in [0.15, 0.2) is 5.60 Å². The molecule has 3 heteroatoms. The highest BCUT2D eigenvalue weighted by Crippen LogP contribution is 2.73. The Kier molecular flexibility index (Phi) is 1.99. The highest BCUT2D eigenvalue weighted by atomic mass is 16.7. The molecular weight excluding hydrogens is 204 g/mol. The zero-order valence-electron chi connectivity index (χ0n) is 10.3. The number of ether oxygens (including phenoxy) is 2. The first-order valence-corrected chi connectivity index (χ1v) is 6.34. The summed E-state index contributed by atoms with van der Waals surface area (Å²) < 4.78 is 11.0. The normalized spacial score (nSPS) is 48.2. The third kappa shape index (κ3) is 1.10. The number of hydrogen-bond donors (Lipinski definition) is 0. The summed E-state index contributed by atoms with van der Waals surface area (Å²) in [5.74, 6) is 1.80. The summed E-state index contributed by atoms with van der Waals surface area (Å²) in [5.41, 5.74) is -0.721. The molecule has 0 aromatic rings. The smallest absolute Gasteiger partial charge is 0.341 e. The summed E-state index contributed by atoms with van der Waals surface area (Å²) in [6.45, 7) is 4.28. The van der Waals surface area contributed by atoms with Crippen LogP contribution in [0.1, 0.15) is 39.5 Å². The van der Waals surface area contributed by atoms with Gasteiger partial charge >= 0.3 is 5.97 Å². The topological polar surface area (TPSA) is 38.8 Å². The van der Waals surface area contributed by atoms with Gasteiger partial charge in [0.25, 0.3) is 0 Å². The summed E-state index contributed by atoms with van der Waals surface area (Å²) in [7, 11) is 1.47. The predicted molar refractivity (Wildman–Crippen MR) is 58.8 cm³/mol. The van der Waals surface area contributed by atoms with Crippen molar-refractivity contribution in [3.8, 4) is 0 Å². The Bertz CT molecular complexity index is 338. The van der Waals surface area contributed by atoms with Crippen LogP contribution in [0.2, 0.25) is 0 Å². The summed E-state index contributed by atoms with van der Waals surface area (Å²) in [6.07, 6.45) is 4.37. The third-order valence-corrected chi connectivity index (χ3v) is 4.62. The van der Waals surface area contributed by atoms with E-state index in [0.717, 1.165) is 18.8 Å². The van der Waals surface area contributed by atoms with Crippen molar-refractivity contribution in [2.24, 2.45) is 17.8 Å². The summed E-state index contributed by atoms with van der Waals surface area (Å²) in [6, 6.07) is 0. The molecule has 3 rings (SSSR count). The van der Waals surface area contributed by atoms with Crippen molar-refractivity contribution in [3.05, 3.63) is 0 Å². The lowest BCUT2D eigenvalue weighted by Gasteiger charge is -2.17. The lowest BCUT2D eigenvalue weighted by molar-refractivity contribution is -0.147. The lowest BCUT2D eigenvalue weighted by Crippen LogP contribution is -2.37. The van der Waals surface area contributed by atoms with Gasteiger partial charge in [-0.2, -0.15) is 0 Å². The molecule has 1 heterocycles. The number of carbonyl (C=O) groups is 1. The molecule has 4 unspecified atom stereocenters. The Morgan fingerprint density at radius 2 is 2.31 bits per heavy atom. The molecule has 16 heavy (non-hydrogen) atoms. The van der Waals surface area contributed by atoms with E-state index in [-0.39, 0.29) is 11.6 Å². The molecule has 1 aliphatic heterocycles. The highest BCUT2D eigenvalue weighted by Gasteiger charge is 2.83. The maximum absolute atomic E-state index is 12.0. The van der Waals surface area contributed by atoms with Crippen LogP contribution in [0.25, 0.3) is 0 Å². The van der Waals surface area contributed by atoms with Crippen LogP contribution in [0.15, 0.2) is 0 Å². The first-order chi connectivity index (χ1) is 7.56. The molecular formula is C13H20O3. The monoisotopic (exact) mass is 224 g/mol. The van der Waals surface area contributed by atoms with Gasteiger partial charge in [-0.25, -0.2) is 4.79 Å². The number of methoxy groups -OCH3 is 1. The van der Waals surface area contributed by atoms with E-state index in [1.165, 1.54) is 20.0 Å². The third-order valence-electron chi connectivity index (χ3n) is 4.62. The maximum Gasteiger partial charge on any atom is 0.341 e. The SMILES string of the molecule is COC(=O)C1(CC(C)C)OC12CCC1CC12. The fourth-order valence-electron chi connectivity index (χ4n) is 3.89. The van der Waals surface area contributed by atoms with Crippen LogP contribution in [-0.4, -0.2) is 24.3 Å². The second-order valence-electron chi connectivity index (χ2n) is 6.05. The van der Waals surface area contributed by atoms with Gasteiger partial charge in [-0.05, 0) is 43.4 Å². The van der Waals surface area contributed by atoms with Crippen molar-refractivity contribution in [3.63, 3.8) is 0 Å². The minimum Gasteiger partial charge on any atom is -0.467 e. The zero-order chi connectivity index (χ0) is 11.6. The summed E-state index contributed by atoms with van der Waals surface area (Å²) in [5, 5.41) is 0. The fraction of sp³-hybridized carbons (Fsp3) is 0.923. The van der Waals surface area contributed by atoms with E-state index in [9.17, 15) is 4.79 Å². The Labute approximate surface area is 96.5 Å². The molecule has 2 aliphatic carbocycles. The van der Waals surface area contributed by atoms with Crippen LogP contribution in [0, 0.1) is 17.8 Å². The molecule has 90 valence electrons.